The second-order valence-electron chi connectivity index (χ2n) is 5.28. The van der Waals surface area contributed by atoms with Gasteiger partial charge in [0.2, 0.25) is 0 Å². The van der Waals surface area contributed by atoms with Gasteiger partial charge in [-0.15, -0.1) is 0 Å². The molecule has 2 aromatic rings. The SMILES string of the molecule is Cc1ccccc1OCCCN(C)C(=O)c1ccccc1N. The molecule has 1 amide bonds. The van der Waals surface area contributed by atoms with Crippen LogP contribution in [-0.4, -0.2) is 31.0 Å². The van der Waals surface area contributed by atoms with E-state index in [9.17, 15) is 4.79 Å². The van der Waals surface area contributed by atoms with Gasteiger partial charge in [0.1, 0.15) is 5.75 Å². The van der Waals surface area contributed by atoms with Gasteiger partial charge in [-0.05, 0) is 37.1 Å². The van der Waals surface area contributed by atoms with Crippen molar-refractivity contribution in [2.45, 2.75) is 13.3 Å². The van der Waals surface area contributed by atoms with Crippen LogP contribution < -0.4 is 10.5 Å². The van der Waals surface area contributed by atoms with Crippen LogP contribution in [0.3, 0.4) is 0 Å². The van der Waals surface area contributed by atoms with E-state index < -0.39 is 0 Å². The van der Waals surface area contributed by atoms with Crippen LogP contribution in [-0.2, 0) is 0 Å². The molecule has 0 spiro atoms. The molecule has 2 aromatic carbocycles. The normalized spacial score (nSPS) is 10.3. The molecule has 2 N–H and O–H groups in total. The number of hydrogen-bond acceptors (Lipinski definition) is 3. The lowest BCUT2D eigenvalue weighted by atomic mass is 10.1. The van der Waals surface area contributed by atoms with Crippen LogP contribution in [0.5, 0.6) is 5.75 Å². The van der Waals surface area contributed by atoms with E-state index in [0.717, 1.165) is 17.7 Å². The molecule has 4 nitrogen and oxygen atoms in total. The molecule has 0 fully saturated rings. The van der Waals surface area contributed by atoms with Gasteiger partial charge in [0.25, 0.3) is 5.91 Å². The quantitative estimate of drug-likeness (QED) is 0.658. The highest BCUT2D eigenvalue weighted by Gasteiger charge is 2.13. The maximum Gasteiger partial charge on any atom is 0.255 e. The summed E-state index contributed by atoms with van der Waals surface area (Å²) in [6, 6.07) is 15.0. The van der Waals surface area contributed by atoms with Gasteiger partial charge in [-0.25, -0.2) is 0 Å². The number of nitrogens with zero attached hydrogens (tertiary/aromatic N) is 1. The molecule has 0 saturated heterocycles. The number of anilines is 1. The zero-order valence-electron chi connectivity index (χ0n) is 13.1. The number of benzene rings is 2. The third kappa shape index (κ3) is 4.01. The molecule has 0 atom stereocenters. The maximum atomic E-state index is 12.3. The van der Waals surface area contributed by atoms with Crippen LogP contribution in [0.4, 0.5) is 5.69 Å². The van der Waals surface area contributed by atoms with Crippen LogP contribution in [0.1, 0.15) is 22.3 Å². The lowest BCUT2D eigenvalue weighted by Gasteiger charge is -2.18. The second-order valence-corrected chi connectivity index (χ2v) is 5.28. The number of aryl methyl sites for hydroxylation is 1. The molecule has 0 aromatic heterocycles. The molecule has 2 rings (SSSR count). The summed E-state index contributed by atoms with van der Waals surface area (Å²) in [6.07, 6.45) is 0.767. The first-order valence-corrected chi connectivity index (χ1v) is 7.38. The Hall–Kier alpha value is -2.49. The largest absolute Gasteiger partial charge is 0.493 e. The van der Waals surface area contributed by atoms with Crippen LogP contribution in [0.25, 0.3) is 0 Å². The zero-order chi connectivity index (χ0) is 15.9. The predicted octanol–water partition coefficient (Wildman–Crippen LogP) is 3.12. The summed E-state index contributed by atoms with van der Waals surface area (Å²) in [6.45, 7) is 3.22. The van der Waals surface area contributed by atoms with Gasteiger partial charge in [-0.2, -0.15) is 0 Å². The molecule has 0 bridgehead atoms. The van der Waals surface area contributed by atoms with Crippen molar-refractivity contribution < 1.29 is 9.53 Å². The Balaban J connectivity index is 1.81. The standard InChI is InChI=1S/C18H22N2O2/c1-14-8-3-6-11-17(14)22-13-7-12-20(2)18(21)15-9-4-5-10-16(15)19/h3-6,8-11H,7,12-13,19H2,1-2H3. The average molecular weight is 298 g/mol. The van der Waals surface area contributed by atoms with Crippen molar-refractivity contribution in [3.8, 4) is 5.75 Å². The van der Waals surface area contributed by atoms with E-state index in [-0.39, 0.29) is 5.91 Å². The van der Waals surface area contributed by atoms with Gasteiger partial charge in [-0.1, -0.05) is 30.3 Å². The number of para-hydroxylation sites is 2. The van der Waals surface area contributed by atoms with Crippen molar-refractivity contribution in [2.75, 3.05) is 25.9 Å². The van der Waals surface area contributed by atoms with E-state index in [1.807, 2.05) is 43.3 Å². The number of carbonyl (C=O) groups is 1. The molecule has 0 aliphatic rings. The number of nitrogen functional groups attached to an aromatic ring is 1. The Morgan fingerprint density at radius 2 is 1.82 bits per heavy atom. The Labute approximate surface area is 131 Å². The molecule has 0 radical (unpaired) electrons. The Morgan fingerprint density at radius 3 is 2.55 bits per heavy atom. The molecular weight excluding hydrogens is 276 g/mol. The Bertz CT molecular complexity index is 640. The summed E-state index contributed by atoms with van der Waals surface area (Å²) in [5.74, 6) is 0.831. The van der Waals surface area contributed by atoms with E-state index in [1.165, 1.54) is 0 Å². The van der Waals surface area contributed by atoms with Crippen LogP contribution >= 0.6 is 0 Å². The topological polar surface area (TPSA) is 55.6 Å². The molecule has 116 valence electrons. The number of nitrogens with two attached hydrogens (primary N) is 1. The van der Waals surface area contributed by atoms with Crippen molar-refractivity contribution in [2.24, 2.45) is 0 Å². The van der Waals surface area contributed by atoms with Crippen LogP contribution in [0, 0.1) is 6.92 Å². The number of rotatable bonds is 6. The summed E-state index contributed by atoms with van der Waals surface area (Å²) in [4.78, 5) is 14.0. The van der Waals surface area contributed by atoms with E-state index in [1.54, 1.807) is 24.1 Å². The first kappa shape index (κ1) is 15.9. The summed E-state index contributed by atoms with van der Waals surface area (Å²) < 4.78 is 5.73. The Kier molecular flexibility index (Phi) is 5.42. The second kappa shape index (κ2) is 7.50. The van der Waals surface area contributed by atoms with Gasteiger partial charge in [0.15, 0.2) is 0 Å². The number of carbonyl (C=O) groups excluding carboxylic acids is 1. The summed E-state index contributed by atoms with van der Waals surface area (Å²) >= 11 is 0. The minimum absolute atomic E-state index is 0.0611. The van der Waals surface area contributed by atoms with E-state index in [2.05, 4.69) is 0 Å². The van der Waals surface area contributed by atoms with E-state index in [4.69, 9.17) is 10.5 Å². The number of ether oxygens (including phenoxy) is 1. The summed E-state index contributed by atoms with van der Waals surface area (Å²) in [7, 11) is 1.78. The minimum atomic E-state index is -0.0611. The Morgan fingerprint density at radius 1 is 1.14 bits per heavy atom. The van der Waals surface area contributed by atoms with Crippen LogP contribution in [0.15, 0.2) is 48.5 Å². The van der Waals surface area contributed by atoms with Crippen molar-refractivity contribution in [1.29, 1.82) is 0 Å². The summed E-state index contributed by atoms with van der Waals surface area (Å²) in [5.41, 5.74) is 8.01. The van der Waals surface area contributed by atoms with Crippen molar-refractivity contribution in [3.63, 3.8) is 0 Å². The van der Waals surface area contributed by atoms with Gasteiger partial charge < -0.3 is 15.4 Å². The predicted molar refractivity (Wildman–Crippen MR) is 89.1 cm³/mol. The fourth-order valence-electron chi connectivity index (χ4n) is 2.20. The zero-order valence-corrected chi connectivity index (χ0v) is 13.1. The number of hydrogen-bond donors (Lipinski definition) is 1. The van der Waals surface area contributed by atoms with Gasteiger partial charge >= 0.3 is 0 Å². The number of amides is 1. The first-order chi connectivity index (χ1) is 10.6. The monoisotopic (exact) mass is 298 g/mol. The average Bonchev–Trinajstić information content (AvgIpc) is 2.52. The highest BCUT2D eigenvalue weighted by molar-refractivity contribution is 5.98. The molecule has 0 unspecified atom stereocenters. The van der Waals surface area contributed by atoms with Crippen molar-refractivity contribution >= 4 is 11.6 Å². The third-order valence-corrected chi connectivity index (χ3v) is 3.53. The van der Waals surface area contributed by atoms with Crippen molar-refractivity contribution in [1.82, 2.24) is 4.90 Å². The first-order valence-electron chi connectivity index (χ1n) is 7.38. The van der Waals surface area contributed by atoms with Gasteiger partial charge in [0, 0.05) is 19.3 Å². The van der Waals surface area contributed by atoms with Crippen molar-refractivity contribution in [3.05, 3.63) is 59.7 Å². The van der Waals surface area contributed by atoms with E-state index >= 15 is 0 Å². The van der Waals surface area contributed by atoms with E-state index in [0.29, 0.717) is 24.4 Å². The highest BCUT2D eigenvalue weighted by Crippen LogP contribution is 2.16. The fraction of sp³-hybridized carbons (Fsp3) is 0.278. The third-order valence-electron chi connectivity index (χ3n) is 3.53. The molecule has 4 heteroatoms. The highest BCUT2D eigenvalue weighted by atomic mass is 16.5. The maximum absolute atomic E-state index is 12.3. The summed E-state index contributed by atoms with van der Waals surface area (Å²) in [5, 5.41) is 0. The molecule has 22 heavy (non-hydrogen) atoms. The van der Waals surface area contributed by atoms with Gasteiger partial charge in [-0.3, -0.25) is 4.79 Å². The molecule has 0 saturated carbocycles. The minimum Gasteiger partial charge on any atom is -0.493 e. The van der Waals surface area contributed by atoms with Crippen LogP contribution in [0.2, 0.25) is 0 Å². The van der Waals surface area contributed by atoms with Gasteiger partial charge in [0.05, 0.1) is 12.2 Å². The molecule has 0 aliphatic heterocycles. The molecular formula is C18H22N2O2. The lowest BCUT2D eigenvalue weighted by molar-refractivity contribution is 0.0789. The smallest absolute Gasteiger partial charge is 0.255 e. The lowest BCUT2D eigenvalue weighted by Crippen LogP contribution is -2.29. The molecule has 0 heterocycles. The molecule has 0 aliphatic carbocycles. The fourth-order valence-corrected chi connectivity index (χ4v) is 2.20.